The topological polar surface area (TPSA) is 63.5 Å². The molecular weight excluding hydrogens is 414 g/mol. The van der Waals surface area contributed by atoms with Crippen molar-refractivity contribution in [3.8, 4) is 5.75 Å². The first-order chi connectivity index (χ1) is 16.1. The molecule has 2 saturated heterocycles. The fraction of sp³-hybridized carbons (Fsp3) is 0.423. The Morgan fingerprint density at radius 1 is 1.03 bits per heavy atom. The molecule has 0 aliphatic carbocycles. The van der Waals surface area contributed by atoms with Crippen molar-refractivity contribution in [1.29, 1.82) is 0 Å². The summed E-state index contributed by atoms with van der Waals surface area (Å²) in [6.45, 7) is 3.87. The van der Waals surface area contributed by atoms with Crippen LogP contribution < -0.4 is 4.74 Å². The van der Waals surface area contributed by atoms with E-state index in [4.69, 9.17) is 4.74 Å². The Bertz CT molecular complexity index is 1100. The van der Waals surface area contributed by atoms with Gasteiger partial charge in [0.1, 0.15) is 5.75 Å². The monoisotopic (exact) mass is 445 g/mol. The van der Waals surface area contributed by atoms with Crippen LogP contribution in [-0.4, -0.2) is 57.2 Å². The van der Waals surface area contributed by atoms with Gasteiger partial charge in [0.2, 0.25) is 5.91 Å². The fourth-order valence-corrected chi connectivity index (χ4v) is 5.66. The van der Waals surface area contributed by atoms with E-state index in [9.17, 15) is 4.79 Å². The number of carbonyl (C=O) groups excluding carboxylic acids is 1. The average Bonchev–Trinajstić information content (AvgIpc) is 3.41. The maximum absolute atomic E-state index is 14.1. The van der Waals surface area contributed by atoms with Gasteiger partial charge in [0.05, 0.1) is 12.5 Å². The van der Waals surface area contributed by atoms with Crippen LogP contribution in [0.5, 0.6) is 5.75 Å². The van der Waals surface area contributed by atoms with Gasteiger partial charge in [-0.15, -0.1) is 0 Å². The van der Waals surface area contributed by atoms with E-state index in [1.165, 1.54) is 5.56 Å². The van der Waals surface area contributed by atoms with E-state index in [0.717, 1.165) is 56.0 Å². The normalized spacial score (nSPS) is 23.4. The summed E-state index contributed by atoms with van der Waals surface area (Å²) in [5.74, 6) is 1.25. The number of hydrogen-bond acceptors (Lipinski definition) is 5. The smallest absolute Gasteiger partial charge is 0.231 e. The summed E-state index contributed by atoms with van der Waals surface area (Å²) in [6.07, 6.45) is 7.36. The van der Waals surface area contributed by atoms with Gasteiger partial charge in [-0.25, -0.2) is 0 Å². The number of amides is 1. The summed E-state index contributed by atoms with van der Waals surface area (Å²) < 4.78 is 7.25. The van der Waals surface area contributed by atoms with Crippen molar-refractivity contribution in [3.05, 3.63) is 77.9 Å². The number of benzene rings is 1. The standard InChI is InChI=1S/C26H31N5O2/c1-29-24(10-14-28-29)23-18-30(16-20-4-6-22(33-2)7-5-20)19-26(23)11-3-15-31(25(26)32)17-21-8-12-27-13-9-21/h4-10,12-14,23H,3,11,15-19H2,1-2H3/t23-,26+/m0/s1. The second-order valence-corrected chi connectivity index (χ2v) is 9.29. The van der Waals surface area contributed by atoms with Gasteiger partial charge in [-0.05, 0) is 54.3 Å². The predicted octanol–water partition coefficient (Wildman–Crippen LogP) is 3.23. The van der Waals surface area contributed by atoms with Gasteiger partial charge in [-0.2, -0.15) is 5.10 Å². The molecule has 0 unspecified atom stereocenters. The van der Waals surface area contributed by atoms with Crippen molar-refractivity contribution in [1.82, 2.24) is 24.6 Å². The highest BCUT2D eigenvalue weighted by Crippen LogP contribution is 2.49. The molecule has 172 valence electrons. The lowest BCUT2D eigenvalue weighted by Gasteiger charge is -2.42. The predicted molar refractivity (Wildman–Crippen MR) is 126 cm³/mol. The van der Waals surface area contributed by atoms with Gasteiger partial charge in [0, 0.05) is 70.0 Å². The van der Waals surface area contributed by atoms with Crippen LogP contribution in [0.1, 0.15) is 35.6 Å². The molecule has 7 nitrogen and oxygen atoms in total. The summed E-state index contributed by atoms with van der Waals surface area (Å²) in [5.41, 5.74) is 3.08. The number of likely N-dealkylation sites (tertiary alicyclic amines) is 2. The number of nitrogens with zero attached hydrogens (tertiary/aromatic N) is 5. The van der Waals surface area contributed by atoms with E-state index < -0.39 is 5.41 Å². The van der Waals surface area contributed by atoms with Gasteiger partial charge in [-0.1, -0.05) is 12.1 Å². The largest absolute Gasteiger partial charge is 0.497 e. The molecular formula is C26H31N5O2. The zero-order chi connectivity index (χ0) is 22.8. The minimum atomic E-state index is -0.425. The van der Waals surface area contributed by atoms with Crippen LogP contribution in [0.4, 0.5) is 0 Å². The molecule has 5 rings (SSSR count). The molecule has 1 spiro atoms. The van der Waals surface area contributed by atoms with Crippen LogP contribution in [0.15, 0.2) is 61.1 Å². The molecule has 0 radical (unpaired) electrons. The molecule has 0 N–H and O–H groups in total. The first-order valence-corrected chi connectivity index (χ1v) is 11.6. The Morgan fingerprint density at radius 3 is 2.48 bits per heavy atom. The molecule has 2 aliphatic rings. The molecule has 2 fully saturated rings. The van der Waals surface area contributed by atoms with Crippen molar-refractivity contribution in [2.75, 3.05) is 26.7 Å². The first-order valence-electron chi connectivity index (χ1n) is 11.6. The van der Waals surface area contributed by atoms with Gasteiger partial charge in [0.15, 0.2) is 0 Å². The zero-order valence-electron chi connectivity index (χ0n) is 19.4. The number of aryl methyl sites for hydroxylation is 1. The fourth-order valence-electron chi connectivity index (χ4n) is 5.66. The van der Waals surface area contributed by atoms with Crippen molar-refractivity contribution >= 4 is 5.91 Å². The van der Waals surface area contributed by atoms with Crippen molar-refractivity contribution in [2.24, 2.45) is 12.5 Å². The van der Waals surface area contributed by atoms with Crippen LogP contribution in [0, 0.1) is 5.41 Å². The van der Waals surface area contributed by atoms with Crippen LogP contribution in [-0.2, 0) is 24.9 Å². The molecule has 1 aromatic carbocycles. The lowest BCUT2D eigenvalue weighted by atomic mass is 9.70. The van der Waals surface area contributed by atoms with E-state index in [1.807, 2.05) is 42.2 Å². The Balaban J connectivity index is 1.43. The molecule has 4 heterocycles. The average molecular weight is 446 g/mol. The second kappa shape index (κ2) is 8.98. The summed E-state index contributed by atoms with van der Waals surface area (Å²) in [6, 6.07) is 14.3. The van der Waals surface area contributed by atoms with Crippen LogP contribution in [0.2, 0.25) is 0 Å². The van der Waals surface area contributed by atoms with E-state index in [2.05, 4.69) is 38.1 Å². The Morgan fingerprint density at radius 2 is 1.79 bits per heavy atom. The number of piperidine rings is 1. The van der Waals surface area contributed by atoms with E-state index >= 15 is 0 Å². The number of ether oxygens (including phenoxy) is 1. The third-order valence-electron chi connectivity index (χ3n) is 7.28. The maximum Gasteiger partial charge on any atom is 0.231 e. The number of hydrogen-bond donors (Lipinski definition) is 0. The first kappa shape index (κ1) is 21.6. The number of carbonyl (C=O) groups is 1. The van der Waals surface area contributed by atoms with Crippen molar-refractivity contribution in [3.63, 3.8) is 0 Å². The number of rotatable bonds is 6. The van der Waals surface area contributed by atoms with E-state index in [0.29, 0.717) is 6.54 Å². The highest BCUT2D eigenvalue weighted by Gasteiger charge is 2.55. The molecule has 1 amide bonds. The molecule has 33 heavy (non-hydrogen) atoms. The van der Waals surface area contributed by atoms with Crippen molar-refractivity contribution in [2.45, 2.75) is 31.8 Å². The molecule has 3 aromatic rings. The Labute approximate surface area is 195 Å². The van der Waals surface area contributed by atoms with E-state index in [-0.39, 0.29) is 11.8 Å². The summed E-state index contributed by atoms with van der Waals surface area (Å²) in [5, 5.41) is 4.43. The lowest BCUT2D eigenvalue weighted by molar-refractivity contribution is -0.147. The van der Waals surface area contributed by atoms with Crippen molar-refractivity contribution < 1.29 is 9.53 Å². The molecule has 2 atom stereocenters. The minimum absolute atomic E-state index is 0.121. The zero-order valence-corrected chi connectivity index (χ0v) is 19.4. The molecule has 2 aromatic heterocycles. The SMILES string of the molecule is COc1ccc(CN2C[C@@H](c3ccnn3C)[C@@]3(CCCN(Cc4ccncc4)C3=O)C2)cc1. The number of pyridine rings is 1. The Hall–Kier alpha value is -3.19. The molecule has 0 saturated carbocycles. The number of methoxy groups -OCH3 is 1. The van der Waals surface area contributed by atoms with Crippen LogP contribution in [0.3, 0.4) is 0 Å². The highest BCUT2D eigenvalue weighted by molar-refractivity contribution is 5.85. The minimum Gasteiger partial charge on any atom is -0.497 e. The van der Waals surface area contributed by atoms with Gasteiger partial charge in [0.25, 0.3) is 0 Å². The summed E-state index contributed by atoms with van der Waals surface area (Å²) >= 11 is 0. The maximum atomic E-state index is 14.1. The second-order valence-electron chi connectivity index (χ2n) is 9.29. The molecule has 7 heteroatoms. The highest BCUT2D eigenvalue weighted by atomic mass is 16.5. The third kappa shape index (κ3) is 4.13. The van der Waals surface area contributed by atoms with Crippen LogP contribution >= 0.6 is 0 Å². The van der Waals surface area contributed by atoms with Gasteiger partial charge < -0.3 is 9.64 Å². The Kier molecular flexibility index (Phi) is 5.89. The van der Waals surface area contributed by atoms with E-state index in [1.54, 1.807) is 19.5 Å². The van der Waals surface area contributed by atoms with Crippen LogP contribution in [0.25, 0.3) is 0 Å². The van der Waals surface area contributed by atoms with Gasteiger partial charge in [-0.3, -0.25) is 19.4 Å². The van der Waals surface area contributed by atoms with Gasteiger partial charge >= 0.3 is 0 Å². The third-order valence-corrected chi connectivity index (χ3v) is 7.28. The summed E-state index contributed by atoms with van der Waals surface area (Å²) in [4.78, 5) is 22.7. The number of aromatic nitrogens is 3. The lowest BCUT2D eigenvalue weighted by Crippen LogP contribution is -2.52. The summed E-state index contributed by atoms with van der Waals surface area (Å²) in [7, 11) is 3.67. The molecule has 2 aliphatic heterocycles. The molecule has 0 bridgehead atoms. The quantitative estimate of drug-likeness (QED) is 0.583.